The van der Waals surface area contributed by atoms with Crippen molar-refractivity contribution in [3.8, 4) is 33.8 Å². The van der Waals surface area contributed by atoms with Gasteiger partial charge in [0, 0.05) is 17.5 Å². The molecule has 3 aromatic carbocycles. The van der Waals surface area contributed by atoms with E-state index < -0.39 is 0 Å². The van der Waals surface area contributed by atoms with E-state index in [1.54, 1.807) is 6.07 Å². The third-order valence-corrected chi connectivity index (χ3v) is 8.95. The van der Waals surface area contributed by atoms with Gasteiger partial charge in [-0.3, -0.25) is 4.98 Å². The molecule has 5 nitrogen and oxygen atoms in total. The van der Waals surface area contributed by atoms with Gasteiger partial charge in [0.1, 0.15) is 24.9 Å². The molecule has 0 saturated heterocycles. The second-order valence-corrected chi connectivity index (χ2v) is 14.6. The molecule has 6 rings (SSSR count). The zero-order chi connectivity index (χ0) is 41.5. The number of rotatable bonds is 12. The summed E-state index contributed by atoms with van der Waals surface area (Å²) >= 11 is 3.35. The zero-order valence-electron chi connectivity index (χ0n) is 37.5. The summed E-state index contributed by atoms with van der Waals surface area (Å²) < 4.78 is 2.98. The maximum absolute atomic E-state index is 4.88. The maximum atomic E-state index is 4.88. The summed E-state index contributed by atoms with van der Waals surface area (Å²) in [5.74, 6) is 0. The molecule has 6 aromatic rings. The number of halogens is 1. The molecule has 59 heavy (non-hydrogen) atoms. The Hall–Kier alpha value is -3.59. The Morgan fingerprint density at radius 1 is 0.627 bits per heavy atom. The fourth-order valence-electron chi connectivity index (χ4n) is 5.30. The van der Waals surface area contributed by atoms with Crippen molar-refractivity contribution < 1.29 is 42.3 Å². The summed E-state index contributed by atoms with van der Waals surface area (Å²) in [5, 5.41) is 0. The fourth-order valence-corrected chi connectivity index (χ4v) is 5.65. The van der Waals surface area contributed by atoms with Crippen molar-refractivity contribution in [1.82, 2.24) is 19.9 Å². The number of pyridine rings is 3. The number of hydrogen-bond acceptors (Lipinski definition) is 4. The van der Waals surface area contributed by atoms with E-state index in [0.717, 1.165) is 45.7 Å². The Morgan fingerprint density at radius 3 is 1.53 bits per heavy atom. The first kappa shape index (κ1) is 55.4. The van der Waals surface area contributed by atoms with Gasteiger partial charge in [-0.2, -0.15) is 18.6 Å². The van der Waals surface area contributed by atoms with Crippen molar-refractivity contribution in [2.45, 2.75) is 78.2 Å². The van der Waals surface area contributed by atoms with Gasteiger partial charge in [-0.1, -0.05) is 161 Å². The van der Waals surface area contributed by atoms with Crippen LogP contribution >= 0.6 is 15.9 Å². The van der Waals surface area contributed by atoms with Crippen LogP contribution in [-0.2, 0) is 0 Å². The van der Waals surface area contributed by atoms with Crippen LogP contribution in [0.1, 0.15) is 83.9 Å². The zero-order valence-corrected chi connectivity index (χ0v) is 39.1. The van der Waals surface area contributed by atoms with Crippen molar-refractivity contribution in [2.75, 3.05) is 28.2 Å². The van der Waals surface area contributed by atoms with E-state index in [1.165, 1.54) is 49.8 Å². The van der Waals surface area contributed by atoms with Crippen molar-refractivity contribution in [1.29, 1.82) is 0 Å². The molecule has 0 radical (unpaired) electrons. The Labute approximate surface area is 390 Å². The third kappa shape index (κ3) is 24.3. The predicted octanol–water partition coefficient (Wildman–Crippen LogP) is 7.75. The maximum Gasteiger partial charge on any atom is 1.00 e. The molecule has 1 atom stereocenters. The van der Waals surface area contributed by atoms with Crippen LogP contribution in [0.2, 0.25) is 0 Å². The molecule has 0 spiro atoms. The Balaban J connectivity index is 0.000000760. The Bertz CT molecular complexity index is 1850. The van der Waals surface area contributed by atoms with Crippen LogP contribution in [0, 0.1) is 13.1 Å². The number of hydrogen-bond donors (Lipinski definition) is 0. The van der Waals surface area contributed by atoms with Crippen molar-refractivity contribution in [3.63, 3.8) is 0 Å². The van der Waals surface area contributed by atoms with Gasteiger partial charge in [0.05, 0.1) is 23.1 Å². The molecule has 1 unspecified atom stereocenters. The van der Waals surface area contributed by atoms with E-state index in [4.69, 9.17) is 4.98 Å². The van der Waals surface area contributed by atoms with Crippen molar-refractivity contribution in [2.24, 2.45) is 0 Å². The van der Waals surface area contributed by atoms with Crippen molar-refractivity contribution in [3.05, 3.63) is 169 Å². The molecule has 0 aliphatic carbocycles. The van der Waals surface area contributed by atoms with Crippen molar-refractivity contribution >= 4 is 22.1 Å². The average molecular weight is 842 g/mol. The summed E-state index contributed by atoms with van der Waals surface area (Å²) in [5.41, 5.74) is 7.66. The molecule has 0 saturated carbocycles. The minimum atomic E-state index is 0. The third-order valence-electron chi connectivity index (χ3n) is 8.51. The van der Waals surface area contributed by atoms with Gasteiger partial charge in [0.2, 0.25) is 0 Å². The van der Waals surface area contributed by atoms with Gasteiger partial charge in [-0.25, -0.2) is 9.56 Å². The standard InChI is InChI=1S/C18H24N2.C11H8BrN.C11H8N.C7H16N.C4H9.2Li/c1-4-5-14-18(20(2)3)17-13-9-12-16(19-17)15-10-7-6-8-11-15;12-11-8-4-7-10(13-11)9-5-2-1-3-6-9;1-2-6-10(7-3-1)11-8-4-5-9-12-11;1-4-5-6-7-8(2)3;1-3-4-2;;/h6-13,18H,4-5,14H2,1-3H3;1-8H;1-8H;7H,4-6H2,1-3H3;1,3-4H2,2H3;;/q;;-1;+1;-1;2*+1. The topological polar surface area (TPSA) is 44.9 Å². The molecule has 8 heteroatoms. The van der Waals surface area contributed by atoms with Gasteiger partial charge in [0.15, 0.2) is 0 Å². The van der Waals surface area contributed by atoms with E-state index in [1.807, 2.05) is 84.9 Å². The summed E-state index contributed by atoms with van der Waals surface area (Å²) in [4.78, 5) is 15.6. The molecule has 3 heterocycles. The number of benzene rings is 3. The van der Waals surface area contributed by atoms with Crippen LogP contribution in [0.3, 0.4) is 0 Å². The number of aromatic nitrogens is 3. The van der Waals surface area contributed by atoms with Gasteiger partial charge in [-0.05, 0) is 72.8 Å². The Morgan fingerprint density at radius 2 is 1.10 bits per heavy atom. The number of nitrogens with zero attached hydrogens (tertiary/aromatic N) is 5. The van der Waals surface area contributed by atoms with Crippen LogP contribution in [0.15, 0.2) is 150 Å². The SMILES string of the molecule is Brc1cccc(-c2ccccc2)n1.CCCCC(c1cccc(-c2ccccc2)n1)N(C)C.CCCCC=[N+](C)C.[CH2-]CCC.[Li+].[Li+].[c-]1cccc(-c2ccccc2)n1. The summed E-state index contributed by atoms with van der Waals surface area (Å²) in [6, 6.07) is 49.0. The molecular weight excluding hydrogens is 776 g/mol. The summed E-state index contributed by atoms with van der Waals surface area (Å²) in [6.45, 7) is 10.2. The quantitative estimate of drug-likeness (QED) is 0.0316. The first-order chi connectivity index (χ1) is 27.7. The van der Waals surface area contributed by atoms with E-state index in [-0.39, 0.29) is 37.7 Å². The molecule has 302 valence electrons. The Kier molecular flexibility index (Phi) is 33.1. The molecule has 0 N–H and O–H groups in total. The average Bonchev–Trinajstić information content (AvgIpc) is 3.26. The molecule has 0 fully saturated rings. The predicted molar refractivity (Wildman–Crippen MR) is 249 cm³/mol. The van der Waals surface area contributed by atoms with E-state index in [0.29, 0.717) is 6.04 Å². The molecular formula is C51H65BrLi2N5+. The largest absolute Gasteiger partial charge is 1.00 e. The fraction of sp³-hybridized carbons (Fsp3) is 0.314. The van der Waals surface area contributed by atoms with Gasteiger partial charge in [0.25, 0.3) is 0 Å². The molecule has 3 aromatic heterocycles. The smallest absolute Gasteiger partial charge is 0.386 e. The van der Waals surface area contributed by atoms with Crippen LogP contribution in [0.4, 0.5) is 0 Å². The van der Waals surface area contributed by atoms with E-state index in [2.05, 4.69) is 158 Å². The first-order valence-electron chi connectivity index (χ1n) is 20.3. The van der Waals surface area contributed by atoms with Crippen LogP contribution in [0.25, 0.3) is 33.8 Å². The second-order valence-electron chi connectivity index (χ2n) is 13.8. The monoisotopic (exact) mass is 840 g/mol. The summed E-state index contributed by atoms with van der Waals surface area (Å²) in [7, 11) is 8.40. The van der Waals surface area contributed by atoms with Crippen LogP contribution in [0.5, 0.6) is 0 Å². The normalized spacial score (nSPS) is 10.1. The van der Waals surface area contributed by atoms with Gasteiger partial charge in [-0.15, -0.1) is 6.07 Å². The van der Waals surface area contributed by atoms with Gasteiger partial charge >= 0.3 is 37.7 Å². The molecule has 0 aliphatic heterocycles. The first-order valence-corrected chi connectivity index (χ1v) is 21.1. The molecule has 0 aliphatic rings. The van der Waals surface area contributed by atoms with Crippen LogP contribution in [-0.4, -0.2) is 58.8 Å². The van der Waals surface area contributed by atoms with E-state index in [9.17, 15) is 0 Å². The number of unbranched alkanes of at least 4 members (excludes halogenated alkanes) is 4. The van der Waals surface area contributed by atoms with E-state index >= 15 is 0 Å². The van der Waals surface area contributed by atoms with Gasteiger partial charge < -0.3 is 16.8 Å². The van der Waals surface area contributed by atoms with Crippen LogP contribution < -0.4 is 37.7 Å². The molecule has 0 amide bonds. The minimum absolute atomic E-state index is 0. The summed E-state index contributed by atoms with van der Waals surface area (Å²) in [6.07, 6.45) is 14.8. The minimum Gasteiger partial charge on any atom is -0.386 e. The second kappa shape index (κ2) is 35.2. The molecule has 0 bridgehead atoms.